The number of Topliss-reactive ketones (excluding diaryl/α,β-unsaturated/α-hetero) is 1. The Labute approximate surface area is 120 Å². The number of aryl methyl sites for hydroxylation is 2. The molecule has 0 aromatic heterocycles. The second-order valence-corrected chi connectivity index (χ2v) is 5.17. The monoisotopic (exact) mass is 268 g/mol. The van der Waals surface area contributed by atoms with Gasteiger partial charge in [0.1, 0.15) is 6.10 Å². The van der Waals surface area contributed by atoms with Crippen molar-refractivity contribution in [1.29, 1.82) is 0 Å². The first-order valence-electron chi connectivity index (χ1n) is 6.78. The number of hydrogen-bond acceptors (Lipinski definition) is 2. The van der Waals surface area contributed by atoms with Gasteiger partial charge in [-0.1, -0.05) is 59.7 Å². The summed E-state index contributed by atoms with van der Waals surface area (Å²) in [5.41, 5.74) is 4.32. The number of ketones is 1. The van der Waals surface area contributed by atoms with E-state index in [1.54, 1.807) is 7.11 Å². The molecule has 104 valence electrons. The van der Waals surface area contributed by atoms with Gasteiger partial charge < -0.3 is 4.74 Å². The summed E-state index contributed by atoms with van der Waals surface area (Å²) in [5.74, 6) is 0.0868. The fourth-order valence-electron chi connectivity index (χ4n) is 2.55. The Morgan fingerprint density at radius 3 is 2.20 bits per heavy atom. The van der Waals surface area contributed by atoms with Crippen LogP contribution in [0.15, 0.2) is 48.5 Å². The van der Waals surface area contributed by atoms with Gasteiger partial charge in [0.15, 0.2) is 5.78 Å². The minimum Gasteiger partial charge on any atom is -0.369 e. The summed E-state index contributed by atoms with van der Waals surface area (Å²) in [6.07, 6.45) is -0.0901. The molecule has 0 fully saturated rings. The third-order valence-corrected chi connectivity index (χ3v) is 3.29. The van der Waals surface area contributed by atoms with Crippen molar-refractivity contribution in [2.45, 2.75) is 26.4 Å². The number of carbonyl (C=O) groups is 1. The zero-order valence-corrected chi connectivity index (χ0v) is 12.2. The van der Waals surface area contributed by atoms with Crippen LogP contribution in [0.5, 0.6) is 0 Å². The summed E-state index contributed by atoms with van der Waals surface area (Å²) in [7, 11) is 1.58. The van der Waals surface area contributed by atoms with Gasteiger partial charge >= 0.3 is 0 Å². The highest BCUT2D eigenvalue weighted by Crippen LogP contribution is 2.20. The van der Waals surface area contributed by atoms with Crippen LogP contribution in [0.3, 0.4) is 0 Å². The maximum absolute atomic E-state index is 12.4. The first-order chi connectivity index (χ1) is 9.60. The number of ether oxygens (including phenoxy) is 1. The summed E-state index contributed by atoms with van der Waals surface area (Å²) in [6.45, 7) is 4.10. The van der Waals surface area contributed by atoms with Crippen LogP contribution < -0.4 is 0 Å². The minimum absolute atomic E-state index is 0.0868. The summed E-state index contributed by atoms with van der Waals surface area (Å²) >= 11 is 0. The molecule has 0 amide bonds. The predicted octanol–water partition coefficient (Wildman–Crippen LogP) is 3.80. The number of carbonyl (C=O) groups excluding carboxylic acids is 1. The summed E-state index contributed by atoms with van der Waals surface area (Å²) in [5, 5.41) is 0. The molecule has 0 aliphatic carbocycles. The molecule has 2 rings (SSSR count). The lowest BCUT2D eigenvalue weighted by atomic mass is 9.98. The molecule has 0 N–H and O–H groups in total. The molecule has 0 radical (unpaired) electrons. The standard InChI is InChI=1S/C18H20O2/c1-13-9-14(2)11-15(10-13)12-17(19)18(20-3)16-7-5-4-6-8-16/h4-11,18H,12H2,1-3H3. The van der Waals surface area contributed by atoms with Crippen LogP contribution in [0, 0.1) is 13.8 Å². The van der Waals surface area contributed by atoms with Gasteiger partial charge in [-0.3, -0.25) is 4.79 Å². The minimum atomic E-state index is -0.489. The number of methoxy groups -OCH3 is 1. The van der Waals surface area contributed by atoms with Crippen LogP contribution in [0.2, 0.25) is 0 Å². The Bertz CT molecular complexity index is 567. The Morgan fingerprint density at radius 1 is 1.05 bits per heavy atom. The van der Waals surface area contributed by atoms with E-state index in [4.69, 9.17) is 4.74 Å². The van der Waals surface area contributed by atoms with Crippen molar-refractivity contribution in [1.82, 2.24) is 0 Å². The highest BCUT2D eigenvalue weighted by molar-refractivity contribution is 5.86. The molecule has 2 aromatic rings. The fourth-order valence-corrected chi connectivity index (χ4v) is 2.55. The van der Waals surface area contributed by atoms with Crippen LogP contribution in [0.25, 0.3) is 0 Å². The van der Waals surface area contributed by atoms with E-state index in [-0.39, 0.29) is 5.78 Å². The van der Waals surface area contributed by atoms with E-state index in [0.29, 0.717) is 6.42 Å². The number of benzene rings is 2. The quantitative estimate of drug-likeness (QED) is 0.824. The molecule has 0 heterocycles. The second-order valence-electron chi connectivity index (χ2n) is 5.17. The summed E-state index contributed by atoms with van der Waals surface area (Å²) in [4.78, 5) is 12.4. The van der Waals surface area contributed by atoms with Crippen molar-refractivity contribution >= 4 is 5.78 Å². The van der Waals surface area contributed by atoms with Crippen LogP contribution in [-0.4, -0.2) is 12.9 Å². The average Bonchev–Trinajstić information content (AvgIpc) is 2.39. The first-order valence-corrected chi connectivity index (χ1v) is 6.78. The molecule has 0 bridgehead atoms. The van der Waals surface area contributed by atoms with E-state index >= 15 is 0 Å². The smallest absolute Gasteiger partial charge is 0.170 e. The van der Waals surface area contributed by atoms with Crippen molar-refractivity contribution in [3.05, 3.63) is 70.8 Å². The van der Waals surface area contributed by atoms with Gasteiger partial charge in [0.2, 0.25) is 0 Å². The van der Waals surface area contributed by atoms with Crippen LogP contribution in [0.1, 0.15) is 28.4 Å². The zero-order valence-electron chi connectivity index (χ0n) is 12.2. The van der Waals surface area contributed by atoms with Gasteiger partial charge in [0.25, 0.3) is 0 Å². The van der Waals surface area contributed by atoms with Crippen molar-refractivity contribution < 1.29 is 9.53 Å². The molecule has 2 nitrogen and oxygen atoms in total. The van der Waals surface area contributed by atoms with Crippen molar-refractivity contribution in [3.63, 3.8) is 0 Å². The summed E-state index contributed by atoms with van der Waals surface area (Å²) < 4.78 is 5.38. The molecule has 1 unspecified atom stereocenters. The fraction of sp³-hybridized carbons (Fsp3) is 0.278. The van der Waals surface area contributed by atoms with E-state index in [1.807, 2.05) is 44.2 Å². The molecule has 0 saturated carbocycles. The van der Waals surface area contributed by atoms with E-state index in [1.165, 1.54) is 11.1 Å². The highest BCUT2D eigenvalue weighted by atomic mass is 16.5. The third-order valence-electron chi connectivity index (χ3n) is 3.29. The molecule has 20 heavy (non-hydrogen) atoms. The van der Waals surface area contributed by atoms with Crippen molar-refractivity contribution in [3.8, 4) is 0 Å². The van der Waals surface area contributed by atoms with Crippen LogP contribution in [0.4, 0.5) is 0 Å². The molecule has 2 aromatic carbocycles. The first kappa shape index (κ1) is 14.5. The topological polar surface area (TPSA) is 26.3 Å². The Kier molecular flexibility index (Phi) is 4.70. The van der Waals surface area contributed by atoms with Gasteiger partial charge in [0.05, 0.1) is 0 Å². The normalized spacial score (nSPS) is 12.2. The molecule has 0 saturated heterocycles. The number of rotatable bonds is 5. The van der Waals surface area contributed by atoms with Gasteiger partial charge in [-0.25, -0.2) is 0 Å². The Hall–Kier alpha value is -1.93. The molecule has 0 aliphatic heterocycles. The molecular weight excluding hydrogens is 248 g/mol. The van der Waals surface area contributed by atoms with Crippen molar-refractivity contribution in [2.75, 3.05) is 7.11 Å². The zero-order chi connectivity index (χ0) is 14.5. The van der Waals surface area contributed by atoms with E-state index in [0.717, 1.165) is 11.1 Å². The molecule has 0 spiro atoms. The second kappa shape index (κ2) is 6.49. The molecular formula is C18H20O2. The van der Waals surface area contributed by atoms with Gasteiger partial charge in [-0.05, 0) is 25.0 Å². The summed E-state index contributed by atoms with van der Waals surface area (Å²) in [6, 6.07) is 15.9. The predicted molar refractivity (Wildman–Crippen MR) is 80.8 cm³/mol. The van der Waals surface area contributed by atoms with E-state index in [2.05, 4.69) is 18.2 Å². The molecule has 2 heteroatoms. The van der Waals surface area contributed by atoms with E-state index < -0.39 is 6.10 Å². The number of hydrogen-bond donors (Lipinski definition) is 0. The molecule has 1 atom stereocenters. The lowest BCUT2D eigenvalue weighted by Gasteiger charge is -2.15. The van der Waals surface area contributed by atoms with Gasteiger partial charge in [-0.2, -0.15) is 0 Å². The van der Waals surface area contributed by atoms with E-state index in [9.17, 15) is 4.79 Å². The van der Waals surface area contributed by atoms with Crippen LogP contribution >= 0.6 is 0 Å². The lowest BCUT2D eigenvalue weighted by Crippen LogP contribution is -2.17. The Balaban J connectivity index is 2.18. The maximum Gasteiger partial charge on any atom is 0.170 e. The largest absolute Gasteiger partial charge is 0.369 e. The Morgan fingerprint density at radius 2 is 1.65 bits per heavy atom. The third kappa shape index (κ3) is 3.55. The molecule has 0 aliphatic rings. The highest BCUT2D eigenvalue weighted by Gasteiger charge is 2.19. The average molecular weight is 268 g/mol. The lowest BCUT2D eigenvalue weighted by molar-refractivity contribution is -0.128. The van der Waals surface area contributed by atoms with Crippen molar-refractivity contribution in [2.24, 2.45) is 0 Å². The SMILES string of the molecule is COC(C(=O)Cc1cc(C)cc(C)c1)c1ccccc1. The van der Waals surface area contributed by atoms with Crippen LogP contribution in [-0.2, 0) is 16.0 Å². The maximum atomic E-state index is 12.4. The van der Waals surface area contributed by atoms with Gasteiger partial charge in [-0.15, -0.1) is 0 Å². The van der Waals surface area contributed by atoms with Gasteiger partial charge in [0, 0.05) is 13.5 Å².